The van der Waals surface area contributed by atoms with Gasteiger partial charge in [0.05, 0.1) is 6.04 Å². The molecule has 2 nitrogen and oxygen atoms in total. The second-order valence-electron chi connectivity index (χ2n) is 4.76. The Morgan fingerprint density at radius 1 is 1.05 bits per heavy atom. The molecule has 0 aliphatic carbocycles. The summed E-state index contributed by atoms with van der Waals surface area (Å²) in [7, 11) is 0. The van der Waals surface area contributed by atoms with Crippen LogP contribution < -0.4 is 10.5 Å². The van der Waals surface area contributed by atoms with E-state index in [1.165, 1.54) is 5.56 Å². The average molecular weight is 255 g/mol. The van der Waals surface area contributed by atoms with Gasteiger partial charge in [-0.3, -0.25) is 0 Å². The Kier molecular flexibility index (Phi) is 4.58. The van der Waals surface area contributed by atoms with Crippen molar-refractivity contribution >= 4 is 0 Å². The highest BCUT2D eigenvalue weighted by atomic mass is 16.5. The zero-order valence-electron chi connectivity index (χ0n) is 11.5. The van der Waals surface area contributed by atoms with Gasteiger partial charge in [0.2, 0.25) is 0 Å². The minimum Gasteiger partial charge on any atom is -0.489 e. The van der Waals surface area contributed by atoms with Gasteiger partial charge in [-0.25, -0.2) is 0 Å². The van der Waals surface area contributed by atoms with Gasteiger partial charge in [-0.05, 0) is 36.6 Å². The molecule has 2 atom stereocenters. The van der Waals surface area contributed by atoms with Crippen LogP contribution in [-0.2, 0) is 6.42 Å². The van der Waals surface area contributed by atoms with Gasteiger partial charge in [0, 0.05) is 0 Å². The summed E-state index contributed by atoms with van der Waals surface area (Å²) < 4.78 is 5.95. The molecule has 0 amide bonds. The SMILES string of the molecule is CCc1cccc(OC(C)C(N)c2ccccc2)c1. The molecular weight excluding hydrogens is 234 g/mol. The Labute approximate surface area is 115 Å². The molecule has 2 aromatic carbocycles. The largest absolute Gasteiger partial charge is 0.489 e. The third-order valence-corrected chi connectivity index (χ3v) is 3.32. The molecule has 19 heavy (non-hydrogen) atoms. The summed E-state index contributed by atoms with van der Waals surface area (Å²) in [5, 5.41) is 0. The molecule has 0 fully saturated rings. The average Bonchev–Trinajstić information content (AvgIpc) is 2.47. The van der Waals surface area contributed by atoms with E-state index in [-0.39, 0.29) is 12.1 Å². The molecule has 2 rings (SSSR count). The first-order valence-electron chi connectivity index (χ1n) is 6.77. The Hall–Kier alpha value is -1.80. The van der Waals surface area contributed by atoms with E-state index in [0.29, 0.717) is 0 Å². The molecule has 0 saturated heterocycles. The number of aryl methyl sites for hydroxylation is 1. The van der Waals surface area contributed by atoms with Crippen LogP contribution in [0.4, 0.5) is 0 Å². The van der Waals surface area contributed by atoms with E-state index < -0.39 is 0 Å². The predicted octanol–water partition coefficient (Wildman–Crippen LogP) is 3.72. The monoisotopic (exact) mass is 255 g/mol. The lowest BCUT2D eigenvalue weighted by molar-refractivity contribution is 0.190. The summed E-state index contributed by atoms with van der Waals surface area (Å²) >= 11 is 0. The van der Waals surface area contributed by atoms with Crippen molar-refractivity contribution in [2.75, 3.05) is 0 Å². The lowest BCUT2D eigenvalue weighted by Crippen LogP contribution is -2.28. The molecule has 0 bridgehead atoms. The van der Waals surface area contributed by atoms with E-state index in [2.05, 4.69) is 19.1 Å². The zero-order valence-corrected chi connectivity index (χ0v) is 11.5. The Morgan fingerprint density at radius 2 is 1.79 bits per heavy atom. The molecule has 0 heterocycles. The van der Waals surface area contributed by atoms with Gasteiger partial charge in [-0.1, -0.05) is 49.4 Å². The van der Waals surface area contributed by atoms with Crippen LogP contribution in [0.5, 0.6) is 5.75 Å². The second-order valence-corrected chi connectivity index (χ2v) is 4.76. The van der Waals surface area contributed by atoms with Gasteiger partial charge in [0.15, 0.2) is 0 Å². The standard InChI is InChI=1S/C17H21NO/c1-3-14-8-7-11-16(12-14)19-13(2)17(18)15-9-5-4-6-10-15/h4-13,17H,3,18H2,1-2H3. The molecule has 2 N–H and O–H groups in total. The lowest BCUT2D eigenvalue weighted by atomic mass is 10.0. The molecule has 0 aromatic heterocycles. The summed E-state index contributed by atoms with van der Waals surface area (Å²) in [6.07, 6.45) is 0.950. The fourth-order valence-electron chi connectivity index (χ4n) is 2.07. The number of hydrogen-bond acceptors (Lipinski definition) is 2. The van der Waals surface area contributed by atoms with Crippen molar-refractivity contribution in [2.45, 2.75) is 32.4 Å². The molecule has 0 aliphatic heterocycles. The molecule has 0 saturated carbocycles. The first kappa shape index (κ1) is 13.6. The van der Waals surface area contributed by atoms with Crippen molar-refractivity contribution in [2.24, 2.45) is 5.73 Å². The van der Waals surface area contributed by atoms with Crippen molar-refractivity contribution in [3.05, 3.63) is 65.7 Å². The van der Waals surface area contributed by atoms with E-state index >= 15 is 0 Å². The van der Waals surface area contributed by atoms with E-state index in [4.69, 9.17) is 10.5 Å². The molecule has 0 radical (unpaired) electrons. The quantitative estimate of drug-likeness (QED) is 0.883. The van der Waals surface area contributed by atoms with E-state index in [9.17, 15) is 0 Å². The number of hydrogen-bond donors (Lipinski definition) is 1. The first-order valence-corrected chi connectivity index (χ1v) is 6.77. The maximum atomic E-state index is 6.23. The zero-order chi connectivity index (χ0) is 13.7. The van der Waals surface area contributed by atoms with Crippen molar-refractivity contribution in [1.82, 2.24) is 0 Å². The van der Waals surface area contributed by atoms with E-state index in [1.807, 2.05) is 49.4 Å². The van der Waals surface area contributed by atoms with Gasteiger partial charge in [0.25, 0.3) is 0 Å². The second kappa shape index (κ2) is 6.39. The summed E-state index contributed by atoms with van der Waals surface area (Å²) in [4.78, 5) is 0. The first-order chi connectivity index (χ1) is 9.20. The molecular formula is C17H21NO. The third kappa shape index (κ3) is 3.58. The van der Waals surface area contributed by atoms with Crippen LogP contribution in [0.15, 0.2) is 54.6 Å². The van der Waals surface area contributed by atoms with Gasteiger partial charge in [-0.2, -0.15) is 0 Å². The molecule has 0 aliphatic rings. The summed E-state index contributed by atoms with van der Waals surface area (Å²) in [5.41, 5.74) is 8.61. The van der Waals surface area contributed by atoms with Crippen molar-refractivity contribution < 1.29 is 4.74 Å². The number of nitrogens with two attached hydrogens (primary N) is 1. The van der Waals surface area contributed by atoms with Crippen molar-refractivity contribution in [3.8, 4) is 5.75 Å². The van der Waals surface area contributed by atoms with Gasteiger partial charge < -0.3 is 10.5 Å². The van der Waals surface area contributed by atoms with Crippen LogP contribution in [0, 0.1) is 0 Å². The third-order valence-electron chi connectivity index (χ3n) is 3.32. The smallest absolute Gasteiger partial charge is 0.120 e. The van der Waals surface area contributed by atoms with Crippen molar-refractivity contribution in [1.29, 1.82) is 0 Å². The Morgan fingerprint density at radius 3 is 2.47 bits per heavy atom. The van der Waals surface area contributed by atoms with E-state index in [1.54, 1.807) is 0 Å². The van der Waals surface area contributed by atoms with Crippen LogP contribution in [0.1, 0.15) is 31.0 Å². The van der Waals surface area contributed by atoms with Gasteiger partial charge >= 0.3 is 0 Å². The molecule has 100 valence electrons. The maximum absolute atomic E-state index is 6.23. The van der Waals surface area contributed by atoms with Crippen LogP contribution in [0.3, 0.4) is 0 Å². The Balaban J connectivity index is 2.06. The van der Waals surface area contributed by atoms with Gasteiger partial charge in [0.1, 0.15) is 11.9 Å². The van der Waals surface area contributed by atoms with Crippen LogP contribution in [-0.4, -0.2) is 6.10 Å². The minimum atomic E-state index is -0.119. The van der Waals surface area contributed by atoms with Crippen molar-refractivity contribution in [3.63, 3.8) is 0 Å². The lowest BCUT2D eigenvalue weighted by Gasteiger charge is -2.22. The summed E-state index contributed by atoms with van der Waals surface area (Å²) in [6.45, 7) is 4.15. The van der Waals surface area contributed by atoms with Crippen LogP contribution >= 0.6 is 0 Å². The van der Waals surface area contributed by atoms with Crippen LogP contribution in [0.2, 0.25) is 0 Å². The molecule has 2 heteroatoms. The highest BCUT2D eigenvalue weighted by Crippen LogP contribution is 2.21. The normalized spacial score (nSPS) is 13.8. The predicted molar refractivity (Wildman–Crippen MR) is 79.3 cm³/mol. The maximum Gasteiger partial charge on any atom is 0.120 e. The number of ether oxygens (including phenoxy) is 1. The Bertz CT molecular complexity index is 510. The van der Waals surface area contributed by atoms with Gasteiger partial charge in [-0.15, -0.1) is 0 Å². The fourth-order valence-corrected chi connectivity index (χ4v) is 2.07. The topological polar surface area (TPSA) is 35.2 Å². The minimum absolute atomic E-state index is 0.0606. The molecule has 0 spiro atoms. The van der Waals surface area contributed by atoms with E-state index in [0.717, 1.165) is 17.7 Å². The highest BCUT2D eigenvalue weighted by molar-refractivity contribution is 5.29. The van der Waals surface area contributed by atoms with Crippen LogP contribution in [0.25, 0.3) is 0 Å². The molecule has 2 aromatic rings. The number of benzene rings is 2. The highest BCUT2D eigenvalue weighted by Gasteiger charge is 2.16. The summed E-state index contributed by atoms with van der Waals surface area (Å²) in [6, 6.07) is 18.1. The fraction of sp³-hybridized carbons (Fsp3) is 0.294. The molecule has 2 unspecified atom stereocenters. The summed E-state index contributed by atoms with van der Waals surface area (Å²) in [5.74, 6) is 0.887. The number of rotatable bonds is 5.